The predicted octanol–water partition coefficient (Wildman–Crippen LogP) is 3.61. The standard InChI is InChI=1S/C21H20N2O2/c1-15-19(14-20(16(2)24)17-10-6-4-7-11-17)21(25)23(22(15)3)18-12-8-5-9-13-18/h4-14H,1-3H3/b20-14+. The lowest BCUT2D eigenvalue weighted by Gasteiger charge is -2.07. The minimum Gasteiger partial charge on any atom is -0.294 e. The highest BCUT2D eigenvalue weighted by atomic mass is 16.1. The highest BCUT2D eigenvalue weighted by Crippen LogP contribution is 2.20. The Labute approximate surface area is 146 Å². The van der Waals surface area contributed by atoms with E-state index in [-0.39, 0.29) is 11.3 Å². The van der Waals surface area contributed by atoms with Gasteiger partial charge in [0, 0.05) is 18.3 Å². The third-order valence-corrected chi connectivity index (χ3v) is 4.35. The van der Waals surface area contributed by atoms with E-state index in [1.54, 1.807) is 10.8 Å². The van der Waals surface area contributed by atoms with Crippen molar-refractivity contribution >= 4 is 17.4 Å². The van der Waals surface area contributed by atoms with Gasteiger partial charge in [-0.25, -0.2) is 4.68 Å². The van der Waals surface area contributed by atoms with Crippen LogP contribution in [0.25, 0.3) is 17.3 Å². The fourth-order valence-corrected chi connectivity index (χ4v) is 2.91. The van der Waals surface area contributed by atoms with Gasteiger partial charge in [0.05, 0.1) is 11.3 Å². The normalized spacial score (nSPS) is 11.6. The summed E-state index contributed by atoms with van der Waals surface area (Å²) in [6.45, 7) is 3.41. The lowest BCUT2D eigenvalue weighted by Crippen LogP contribution is -2.20. The molecule has 4 heteroatoms. The summed E-state index contributed by atoms with van der Waals surface area (Å²) in [6, 6.07) is 18.9. The lowest BCUT2D eigenvalue weighted by molar-refractivity contribution is -0.111. The number of nitrogens with zero attached hydrogens (tertiary/aromatic N) is 2. The van der Waals surface area contributed by atoms with Gasteiger partial charge in [-0.1, -0.05) is 48.5 Å². The minimum atomic E-state index is -0.138. The Kier molecular flexibility index (Phi) is 4.52. The molecule has 25 heavy (non-hydrogen) atoms. The molecule has 1 aromatic heterocycles. The van der Waals surface area contributed by atoms with Crippen LogP contribution in [0, 0.1) is 6.92 Å². The number of aromatic nitrogens is 2. The molecule has 0 amide bonds. The molecular weight excluding hydrogens is 312 g/mol. The molecule has 0 aliphatic rings. The van der Waals surface area contributed by atoms with Gasteiger partial charge in [-0.15, -0.1) is 0 Å². The van der Waals surface area contributed by atoms with Gasteiger partial charge in [-0.05, 0) is 37.6 Å². The van der Waals surface area contributed by atoms with E-state index in [1.165, 1.54) is 6.92 Å². The van der Waals surface area contributed by atoms with Crippen molar-refractivity contribution in [2.75, 3.05) is 0 Å². The van der Waals surface area contributed by atoms with E-state index in [2.05, 4.69) is 0 Å². The Morgan fingerprint density at radius 3 is 2.08 bits per heavy atom. The van der Waals surface area contributed by atoms with Gasteiger partial charge in [0.1, 0.15) is 0 Å². The molecule has 2 aromatic carbocycles. The number of Topliss-reactive ketones (excluding diaryl/α,β-unsaturated/α-hetero) is 1. The van der Waals surface area contributed by atoms with Crippen LogP contribution in [0.3, 0.4) is 0 Å². The molecule has 0 bridgehead atoms. The van der Waals surface area contributed by atoms with Crippen LogP contribution in [0.5, 0.6) is 0 Å². The largest absolute Gasteiger partial charge is 0.294 e. The molecule has 126 valence electrons. The first-order valence-corrected chi connectivity index (χ1v) is 8.12. The van der Waals surface area contributed by atoms with E-state index >= 15 is 0 Å². The zero-order chi connectivity index (χ0) is 18.0. The molecule has 4 nitrogen and oxygen atoms in total. The molecule has 3 aromatic rings. The molecule has 0 unspecified atom stereocenters. The first-order valence-electron chi connectivity index (χ1n) is 8.12. The average molecular weight is 332 g/mol. The van der Waals surface area contributed by atoms with Crippen molar-refractivity contribution in [3.8, 4) is 5.69 Å². The van der Waals surface area contributed by atoms with Crippen LogP contribution < -0.4 is 5.56 Å². The summed E-state index contributed by atoms with van der Waals surface area (Å²) in [5.74, 6) is -0.0693. The molecule has 0 saturated heterocycles. The average Bonchev–Trinajstić information content (AvgIpc) is 2.83. The second kappa shape index (κ2) is 6.77. The monoisotopic (exact) mass is 332 g/mol. The summed E-state index contributed by atoms with van der Waals surface area (Å²) in [6.07, 6.45) is 1.70. The molecule has 0 aliphatic carbocycles. The third-order valence-electron chi connectivity index (χ3n) is 4.35. The number of allylic oxidation sites excluding steroid dienone is 1. The number of benzene rings is 2. The van der Waals surface area contributed by atoms with Crippen LogP contribution in [-0.2, 0) is 11.8 Å². The van der Waals surface area contributed by atoms with Crippen LogP contribution >= 0.6 is 0 Å². The van der Waals surface area contributed by atoms with Gasteiger partial charge >= 0.3 is 0 Å². The molecule has 0 aliphatic heterocycles. The molecule has 1 heterocycles. The molecule has 0 radical (unpaired) electrons. The number of carbonyl (C=O) groups is 1. The number of hydrogen-bond donors (Lipinski definition) is 0. The number of hydrogen-bond acceptors (Lipinski definition) is 2. The number of carbonyl (C=O) groups excluding carboxylic acids is 1. The Balaban J connectivity index is 2.21. The Hall–Kier alpha value is -3.14. The van der Waals surface area contributed by atoms with Crippen molar-refractivity contribution < 1.29 is 4.79 Å². The summed E-state index contributed by atoms with van der Waals surface area (Å²) in [5, 5.41) is 0. The Bertz CT molecular complexity index is 994. The van der Waals surface area contributed by atoms with E-state index in [1.807, 2.05) is 79.3 Å². The van der Waals surface area contributed by atoms with E-state index in [4.69, 9.17) is 0 Å². The van der Waals surface area contributed by atoms with E-state index in [0.717, 1.165) is 16.9 Å². The zero-order valence-corrected chi connectivity index (χ0v) is 14.6. The minimum absolute atomic E-state index is 0.0693. The molecule has 0 saturated carbocycles. The Morgan fingerprint density at radius 2 is 1.52 bits per heavy atom. The van der Waals surface area contributed by atoms with Gasteiger partial charge in [0.15, 0.2) is 5.78 Å². The molecule has 0 fully saturated rings. The van der Waals surface area contributed by atoms with Crippen LogP contribution in [0.4, 0.5) is 0 Å². The lowest BCUT2D eigenvalue weighted by atomic mass is 10.00. The summed E-state index contributed by atoms with van der Waals surface area (Å²) >= 11 is 0. The van der Waals surface area contributed by atoms with Crippen molar-refractivity contribution in [2.24, 2.45) is 7.05 Å². The second-order valence-corrected chi connectivity index (χ2v) is 5.96. The van der Waals surface area contributed by atoms with Crippen molar-refractivity contribution in [3.63, 3.8) is 0 Å². The first kappa shape index (κ1) is 16.7. The first-order chi connectivity index (χ1) is 12.0. The van der Waals surface area contributed by atoms with E-state index in [9.17, 15) is 9.59 Å². The molecular formula is C21H20N2O2. The SMILES string of the molecule is CC(=O)/C(=C\c1c(C)n(C)n(-c2ccccc2)c1=O)c1ccccc1. The van der Waals surface area contributed by atoms with E-state index in [0.29, 0.717) is 11.1 Å². The number of para-hydroxylation sites is 1. The zero-order valence-electron chi connectivity index (χ0n) is 14.6. The Morgan fingerprint density at radius 1 is 0.960 bits per heavy atom. The molecule has 0 spiro atoms. The van der Waals surface area contributed by atoms with Crippen LogP contribution in [0.2, 0.25) is 0 Å². The van der Waals surface area contributed by atoms with Gasteiger partial charge < -0.3 is 0 Å². The summed E-state index contributed by atoms with van der Waals surface area (Å²) in [4.78, 5) is 25.1. The maximum Gasteiger partial charge on any atom is 0.278 e. The molecule has 0 N–H and O–H groups in total. The third kappa shape index (κ3) is 3.11. The highest BCUT2D eigenvalue weighted by Gasteiger charge is 2.16. The second-order valence-electron chi connectivity index (χ2n) is 5.96. The number of rotatable bonds is 4. The van der Waals surface area contributed by atoms with Crippen LogP contribution in [-0.4, -0.2) is 15.1 Å². The summed E-state index contributed by atoms with van der Waals surface area (Å²) < 4.78 is 3.43. The topological polar surface area (TPSA) is 44.0 Å². The van der Waals surface area contributed by atoms with E-state index < -0.39 is 0 Å². The summed E-state index contributed by atoms with van der Waals surface area (Å²) in [5.41, 5.74) is 3.34. The van der Waals surface area contributed by atoms with Gasteiger partial charge in [-0.2, -0.15) is 0 Å². The van der Waals surface area contributed by atoms with Gasteiger partial charge in [0.25, 0.3) is 5.56 Å². The van der Waals surface area contributed by atoms with Crippen LogP contribution in [0.1, 0.15) is 23.7 Å². The smallest absolute Gasteiger partial charge is 0.278 e. The quantitative estimate of drug-likeness (QED) is 0.685. The van der Waals surface area contributed by atoms with Gasteiger partial charge in [0.2, 0.25) is 0 Å². The highest BCUT2D eigenvalue weighted by molar-refractivity contribution is 6.24. The van der Waals surface area contributed by atoms with Crippen molar-refractivity contribution in [3.05, 3.63) is 87.8 Å². The summed E-state index contributed by atoms with van der Waals surface area (Å²) in [7, 11) is 1.84. The molecule has 3 rings (SSSR count). The predicted molar refractivity (Wildman–Crippen MR) is 101 cm³/mol. The van der Waals surface area contributed by atoms with Gasteiger partial charge in [-0.3, -0.25) is 14.3 Å². The number of ketones is 1. The maximum absolute atomic E-state index is 13.0. The van der Waals surface area contributed by atoms with Crippen molar-refractivity contribution in [2.45, 2.75) is 13.8 Å². The van der Waals surface area contributed by atoms with Crippen molar-refractivity contribution in [1.82, 2.24) is 9.36 Å². The fraction of sp³-hybridized carbons (Fsp3) is 0.143. The fourth-order valence-electron chi connectivity index (χ4n) is 2.91. The van der Waals surface area contributed by atoms with Crippen LogP contribution in [0.15, 0.2) is 65.5 Å². The maximum atomic E-state index is 13.0. The van der Waals surface area contributed by atoms with Crippen molar-refractivity contribution in [1.29, 1.82) is 0 Å². The molecule has 0 atom stereocenters.